The van der Waals surface area contributed by atoms with Crippen molar-refractivity contribution in [2.45, 2.75) is 37.8 Å². The number of aromatic nitrogens is 2. The van der Waals surface area contributed by atoms with Gasteiger partial charge in [0.1, 0.15) is 5.54 Å². The lowest BCUT2D eigenvalue weighted by Crippen LogP contribution is -2.42. The number of fused-ring (bicyclic) bond motifs is 1. The van der Waals surface area contributed by atoms with E-state index in [9.17, 15) is 5.26 Å². The number of aryl methyl sites for hydroxylation is 1. The second-order valence-electron chi connectivity index (χ2n) is 5.46. The molecule has 1 aliphatic rings. The molecule has 0 aliphatic heterocycles. The number of hydrogen-bond donors (Lipinski definition) is 1. The molecule has 2 aromatic rings. The molecule has 19 heavy (non-hydrogen) atoms. The topological polar surface area (TPSA) is 67.6 Å². The van der Waals surface area contributed by atoms with E-state index in [1.165, 1.54) is 0 Å². The summed E-state index contributed by atoms with van der Waals surface area (Å²) in [4.78, 5) is 4.39. The van der Waals surface area contributed by atoms with Crippen LogP contribution in [0.4, 0.5) is 0 Å². The van der Waals surface area contributed by atoms with Crippen LogP contribution in [0.5, 0.6) is 0 Å². The monoisotopic (exact) mass is 254 g/mol. The molecule has 0 bridgehead atoms. The Hall–Kier alpha value is -1.86. The van der Waals surface area contributed by atoms with Gasteiger partial charge in [0.15, 0.2) is 0 Å². The molecule has 2 unspecified atom stereocenters. The smallest absolute Gasteiger partial charge is 0.107 e. The Morgan fingerprint density at radius 3 is 3.16 bits per heavy atom. The fourth-order valence-corrected chi connectivity index (χ4v) is 3.14. The van der Waals surface area contributed by atoms with Crippen LogP contribution >= 0.6 is 0 Å². The Balaban J connectivity index is 1.75. The molecule has 4 heteroatoms. The molecule has 0 amide bonds. The van der Waals surface area contributed by atoms with Crippen molar-refractivity contribution in [3.8, 4) is 6.07 Å². The highest BCUT2D eigenvalue weighted by Crippen LogP contribution is 2.36. The lowest BCUT2D eigenvalue weighted by Gasteiger charge is -2.23. The van der Waals surface area contributed by atoms with Gasteiger partial charge >= 0.3 is 0 Å². The van der Waals surface area contributed by atoms with Gasteiger partial charge in [0, 0.05) is 6.54 Å². The van der Waals surface area contributed by atoms with Crippen LogP contribution in [0.2, 0.25) is 0 Å². The fraction of sp³-hybridized carbons (Fsp3) is 0.467. The van der Waals surface area contributed by atoms with Crippen LogP contribution in [-0.4, -0.2) is 15.1 Å². The third-order valence-corrected chi connectivity index (χ3v) is 4.33. The Kier molecular flexibility index (Phi) is 3.00. The molecule has 2 N–H and O–H groups in total. The van der Waals surface area contributed by atoms with Crippen molar-refractivity contribution in [2.75, 3.05) is 0 Å². The Morgan fingerprint density at radius 1 is 1.47 bits per heavy atom. The van der Waals surface area contributed by atoms with Crippen molar-refractivity contribution in [3.05, 3.63) is 30.6 Å². The van der Waals surface area contributed by atoms with Crippen LogP contribution in [-0.2, 0) is 6.54 Å². The summed E-state index contributed by atoms with van der Waals surface area (Å²) in [5.74, 6) is 0.304. The number of hydrogen-bond acceptors (Lipinski definition) is 3. The van der Waals surface area contributed by atoms with E-state index >= 15 is 0 Å². The fourth-order valence-electron chi connectivity index (χ4n) is 3.14. The summed E-state index contributed by atoms with van der Waals surface area (Å²) in [6.07, 6.45) is 5.80. The van der Waals surface area contributed by atoms with Crippen LogP contribution in [0.15, 0.2) is 30.6 Å². The van der Waals surface area contributed by atoms with Crippen molar-refractivity contribution in [3.63, 3.8) is 0 Å². The zero-order valence-corrected chi connectivity index (χ0v) is 10.9. The molecule has 0 radical (unpaired) electrons. The summed E-state index contributed by atoms with van der Waals surface area (Å²) in [6, 6.07) is 10.4. The molecule has 1 aromatic carbocycles. The third-order valence-electron chi connectivity index (χ3n) is 4.33. The van der Waals surface area contributed by atoms with Crippen LogP contribution in [0, 0.1) is 17.2 Å². The summed E-state index contributed by atoms with van der Waals surface area (Å²) in [7, 11) is 0. The molecule has 0 spiro atoms. The van der Waals surface area contributed by atoms with E-state index in [0.29, 0.717) is 5.92 Å². The molecule has 98 valence electrons. The highest BCUT2D eigenvalue weighted by atomic mass is 15.0. The number of imidazole rings is 1. The van der Waals surface area contributed by atoms with Gasteiger partial charge in [0.25, 0.3) is 0 Å². The lowest BCUT2D eigenvalue weighted by atomic mass is 9.87. The lowest BCUT2D eigenvalue weighted by molar-refractivity contribution is 0.355. The minimum absolute atomic E-state index is 0.304. The average molecular weight is 254 g/mol. The van der Waals surface area contributed by atoms with Gasteiger partial charge in [-0.15, -0.1) is 0 Å². The zero-order chi connectivity index (χ0) is 13.3. The molecule has 1 fully saturated rings. The summed E-state index contributed by atoms with van der Waals surface area (Å²) >= 11 is 0. The van der Waals surface area contributed by atoms with E-state index in [4.69, 9.17) is 5.73 Å². The summed E-state index contributed by atoms with van der Waals surface area (Å²) < 4.78 is 2.16. The van der Waals surface area contributed by atoms with Gasteiger partial charge in [-0.05, 0) is 37.3 Å². The maximum Gasteiger partial charge on any atom is 0.107 e. The van der Waals surface area contributed by atoms with Gasteiger partial charge in [-0.3, -0.25) is 0 Å². The van der Waals surface area contributed by atoms with Gasteiger partial charge in [0.2, 0.25) is 0 Å². The summed E-state index contributed by atoms with van der Waals surface area (Å²) in [5, 5.41) is 9.23. The molecule has 2 atom stereocenters. The standard InChI is InChI=1S/C15H18N4/c16-10-15(17)8-3-4-12(15)7-9-19-11-18-13-5-1-2-6-14(13)19/h1-2,5-6,11-12H,3-4,7-9,17H2. The van der Waals surface area contributed by atoms with Crippen molar-refractivity contribution in [1.29, 1.82) is 5.26 Å². The van der Waals surface area contributed by atoms with Crippen molar-refractivity contribution in [1.82, 2.24) is 9.55 Å². The highest BCUT2D eigenvalue weighted by Gasteiger charge is 2.39. The van der Waals surface area contributed by atoms with E-state index in [-0.39, 0.29) is 0 Å². The molecule has 1 saturated carbocycles. The van der Waals surface area contributed by atoms with Gasteiger partial charge in [-0.2, -0.15) is 5.26 Å². The predicted octanol–water partition coefficient (Wildman–Crippen LogP) is 2.45. The van der Waals surface area contributed by atoms with Gasteiger partial charge < -0.3 is 10.3 Å². The molecular formula is C15H18N4. The third kappa shape index (κ3) is 2.11. The normalized spacial score (nSPS) is 26.6. The first-order valence-electron chi connectivity index (χ1n) is 6.83. The van der Waals surface area contributed by atoms with Crippen LogP contribution in [0.1, 0.15) is 25.7 Å². The molecule has 1 aliphatic carbocycles. The Morgan fingerprint density at radius 2 is 2.32 bits per heavy atom. The van der Waals surface area contributed by atoms with Crippen molar-refractivity contribution >= 4 is 11.0 Å². The molecular weight excluding hydrogens is 236 g/mol. The van der Waals surface area contributed by atoms with Crippen molar-refractivity contribution in [2.24, 2.45) is 11.7 Å². The zero-order valence-electron chi connectivity index (χ0n) is 10.9. The predicted molar refractivity (Wildman–Crippen MR) is 74.2 cm³/mol. The number of nitrogens with two attached hydrogens (primary N) is 1. The first-order chi connectivity index (χ1) is 9.23. The van der Waals surface area contributed by atoms with Crippen LogP contribution in [0.3, 0.4) is 0 Å². The minimum atomic E-state index is -0.615. The quantitative estimate of drug-likeness (QED) is 0.914. The Bertz CT molecular complexity index is 624. The van der Waals surface area contributed by atoms with E-state index in [2.05, 4.69) is 21.7 Å². The number of para-hydroxylation sites is 2. The first-order valence-corrected chi connectivity index (χ1v) is 6.83. The molecule has 4 nitrogen and oxygen atoms in total. The average Bonchev–Trinajstić information content (AvgIpc) is 3.01. The van der Waals surface area contributed by atoms with E-state index < -0.39 is 5.54 Å². The number of benzene rings is 1. The van der Waals surface area contributed by atoms with Gasteiger partial charge in [-0.25, -0.2) is 4.98 Å². The maximum atomic E-state index is 9.23. The second kappa shape index (κ2) is 4.67. The van der Waals surface area contributed by atoms with E-state index in [1.54, 1.807) is 0 Å². The van der Waals surface area contributed by atoms with Gasteiger partial charge in [-0.1, -0.05) is 18.6 Å². The highest BCUT2D eigenvalue weighted by molar-refractivity contribution is 5.74. The van der Waals surface area contributed by atoms with Gasteiger partial charge in [0.05, 0.1) is 23.4 Å². The van der Waals surface area contributed by atoms with Crippen LogP contribution in [0.25, 0.3) is 11.0 Å². The van der Waals surface area contributed by atoms with Crippen LogP contribution < -0.4 is 5.73 Å². The largest absolute Gasteiger partial charge is 0.331 e. The molecule has 1 heterocycles. The van der Waals surface area contributed by atoms with Crippen molar-refractivity contribution < 1.29 is 0 Å². The number of rotatable bonds is 3. The molecule has 1 aromatic heterocycles. The summed E-state index contributed by atoms with van der Waals surface area (Å²) in [5.41, 5.74) is 7.73. The molecule has 0 saturated heterocycles. The number of nitriles is 1. The first kappa shape index (κ1) is 12.2. The van der Waals surface area contributed by atoms with E-state index in [0.717, 1.165) is 43.3 Å². The minimum Gasteiger partial charge on any atom is -0.331 e. The number of nitrogens with zero attached hydrogens (tertiary/aromatic N) is 3. The SMILES string of the molecule is N#CC1(N)CCCC1CCn1cnc2ccccc21. The maximum absolute atomic E-state index is 9.23. The van der Waals surface area contributed by atoms with E-state index in [1.807, 2.05) is 24.5 Å². The molecule has 3 rings (SSSR count). The second-order valence-corrected chi connectivity index (χ2v) is 5.46. The Labute approximate surface area is 112 Å². The summed E-state index contributed by atoms with van der Waals surface area (Å²) in [6.45, 7) is 0.881.